The van der Waals surface area contributed by atoms with Crippen LogP contribution in [0.3, 0.4) is 0 Å². The minimum atomic E-state index is -1.10. The Kier molecular flexibility index (Phi) is 2.71. The first kappa shape index (κ1) is 14.3. The number of hydrogen-bond acceptors (Lipinski definition) is 4. The number of amides is 1. The normalized spacial score (nSPS) is 39.2. The molecule has 4 bridgehead atoms. The first-order valence-electron chi connectivity index (χ1n) is 8.72. The summed E-state index contributed by atoms with van der Waals surface area (Å²) in [4.78, 5) is 31.5. The summed E-state index contributed by atoms with van der Waals surface area (Å²) < 4.78 is 0. The number of nitrogens with zero attached hydrogens (tertiary/aromatic N) is 2. The van der Waals surface area contributed by atoms with Crippen molar-refractivity contribution in [1.29, 1.82) is 0 Å². The van der Waals surface area contributed by atoms with Crippen LogP contribution in [0, 0.1) is 17.8 Å². The standard InChI is InChI=1S/C19H20N2O3/c1-10(22)12-8-11-9-13-16(12)21(18(11)23)7-6-19(24)14-4-2-3-5-15(14)20-17(13)19/h2-5,11-13,16,24H,6-9H2,1H3/t11-,12-,13-,16+,19+/m1/s1. The van der Waals surface area contributed by atoms with Crippen molar-refractivity contribution in [3.8, 4) is 0 Å². The van der Waals surface area contributed by atoms with Crippen LogP contribution in [0.15, 0.2) is 29.3 Å². The molecule has 5 aliphatic rings. The number of ketones is 1. The number of rotatable bonds is 1. The van der Waals surface area contributed by atoms with Gasteiger partial charge in [-0.25, -0.2) is 0 Å². The molecule has 0 aromatic heterocycles. The van der Waals surface area contributed by atoms with Gasteiger partial charge in [0.2, 0.25) is 5.91 Å². The van der Waals surface area contributed by atoms with E-state index in [0.29, 0.717) is 25.8 Å². The summed E-state index contributed by atoms with van der Waals surface area (Å²) in [6, 6.07) is 7.57. The van der Waals surface area contributed by atoms with Gasteiger partial charge in [-0.3, -0.25) is 14.6 Å². The first-order valence-corrected chi connectivity index (χ1v) is 8.72. The molecule has 0 radical (unpaired) electrons. The number of hydrogen-bond donors (Lipinski definition) is 1. The molecule has 24 heavy (non-hydrogen) atoms. The molecule has 6 rings (SSSR count). The molecular formula is C19H20N2O3. The van der Waals surface area contributed by atoms with E-state index in [4.69, 9.17) is 4.99 Å². The Morgan fingerprint density at radius 2 is 2.12 bits per heavy atom. The minimum Gasteiger partial charge on any atom is -0.379 e. The topological polar surface area (TPSA) is 70.0 Å². The number of aliphatic imine (C=N–C) groups is 1. The third-order valence-corrected chi connectivity index (χ3v) is 6.50. The van der Waals surface area contributed by atoms with Crippen molar-refractivity contribution in [2.75, 3.05) is 6.54 Å². The zero-order valence-electron chi connectivity index (χ0n) is 13.6. The van der Waals surface area contributed by atoms with Crippen LogP contribution in [0.25, 0.3) is 0 Å². The fourth-order valence-corrected chi connectivity index (χ4v) is 5.44. The maximum absolute atomic E-state index is 12.7. The van der Waals surface area contributed by atoms with E-state index in [0.717, 1.165) is 17.0 Å². The van der Waals surface area contributed by atoms with Crippen molar-refractivity contribution in [3.63, 3.8) is 0 Å². The lowest BCUT2D eigenvalue weighted by molar-refractivity contribution is -0.156. The molecule has 1 aliphatic carbocycles. The largest absolute Gasteiger partial charge is 0.379 e. The van der Waals surface area contributed by atoms with E-state index in [-0.39, 0.29) is 35.5 Å². The number of Topliss-reactive ketones (excluding diaryl/α,β-unsaturated/α-hetero) is 1. The van der Waals surface area contributed by atoms with Gasteiger partial charge in [-0.2, -0.15) is 0 Å². The van der Waals surface area contributed by atoms with Crippen molar-refractivity contribution < 1.29 is 14.7 Å². The maximum Gasteiger partial charge on any atom is 0.226 e. The Bertz CT molecular complexity index is 802. The van der Waals surface area contributed by atoms with Crippen LogP contribution in [0.1, 0.15) is 31.7 Å². The van der Waals surface area contributed by atoms with Crippen molar-refractivity contribution in [2.24, 2.45) is 22.7 Å². The van der Waals surface area contributed by atoms with Gasteiger partial charge in [0.15, 0.2) is 0 Å². The lowest BCUT2D eigenvalue weighted by Crippen LogP contribution is -2.62. The van der Waals surface area contributed by atoms with Crippen LogP contribution in [-0.2, 0) is 15.2 Å². The summed E-state index contributed by atoms with van der Waals surface area (Å²) in [6.07, 6.45) is 1.82. The van der Waals surface area contributed by atoms with Gasteiger partial charge < -0.3 is 10.0 Å². The van der Waals surface area contributed by atoms with Crippen molar-refractivity contribution >= 4 is 23.1 Å². The van der Waals surface area contributed by atoms with E-state index in [2.05, 4.69) is 0 Å². The molecule has 4 aliphatic heterocycles. The average molecular weight is 324 g/mol. The third-order valence-electron chi connectivity index (χ3n) is 6.50. The molecule has 5 atom stereocenters. The highest BCUT2D eigenvalue weighted by molar-refractivity contribution is 6.04. The monoisotopic (exact) mass is 324 g/mol. The van der Waals surface area contributed by atoms with Crippen molar-refractivity contribution in [2.45, 2.75) is 37.8 Å². The summed E-state index contributed by atoms with van der Waals surface area (Å²) in [6.45, 7) is 2.12. The molecular weight excluding hydrogens is 304 g/mol. The molecule has 0 unspecified atom stereocenters. The SMILES string of the molecule is CC(=O)[C@H]1C[C@@H]2C[C@H]3C4=Nc5ccccc5[C@@]4(O)CCN(C2=O)[C@@H]13. The van der Waals surface area contributed by atoms with E-state index >= 15 is 0 Å². The Morgan fingerprint density at radius 3 is 2.92 bits per heavy atom. The molecule has 124 valence electrons. The minimum absolute atomic E-state index is 0.0183. The van der Waals surface area contributed by atoms with Crippen LogP contribution in [-0.4, -0.2) is 40.0 Å². The molecule has 1 amide bonds. The number of benzene rings is 1. The number of aliphatic hydroxyl groups is 1. The summed E-state index contributed by atoms with van der Waals surface area (Å²) in [5.74, 6) is 0.0538. The van der Waals surface area contributed by atoms with Gasteiger partial charge in [0.05, 0.1) is 11.4 Å². The third kappa shape index (κ3) is 1.61. The quantitative estimate of drug-likeness (QED) is 0.856. The summed E-state index contributed by atoms with van der Waals surface area (Å²) in [5.41, 5.74) is 1.36. The lowest BCUT2D eigenvalue weighted by atomic mass is 9.63. The Balaban J connectivity index is 1.67. The van der Waals surface area contributed by atoms with Crippen LogP contribution >= 0.6 is 0 Å². The number of carbonyl (C=O) groups is 2. The van der Waals surface area contributed by atoms with Gasteiger partial charge in [0.1, 0.15) is 11.4 Å². The summed E-state index contributed by atoms with van der Waals surface area (Å²) in [5, 5.41) is 11.5. The number of fused-ring (bicyclic) bond motifs is 4. The molecule has 5 nitrogen and oxygen atoms in total. The van der Waals surface area contributed by atoms with Crippen molar-refractivity contribution in [3.05, 3.63) is 29.8 Å². The molecule has 1 aromatic carbocycles. The van der Waals surface area contributed by atoms with Crippen LogP contribution < -0.4 is 0 Å². The molecule has 1 saturated carbocycles. The van der Waals surface area contributed by atoms with E-state index < -0.39 is 5.60 Å². The summed E-state index contributed by atoms with van der Waals surface area (Å²) in [7, 11) is 0. The average Bonchev–Trinajstić information content (AvgIpc) is 2.82. The van der Waals surface area contributed by atoms with E-state index in [1.54, 1.807) is 6.92 Å². The number of piperidine rings is 2. The van der Waals surface area contributed by atoms with Crippen LogP contribution in [0.5, 0.6) is 0 Å². The predicted molar refractivity (Wildman–Crippen MR) is 87.9 cm³/mol. The molecule has 4 fully saturated rings. The molecule has 3 saturated heterocycles. The lowest BCUT2D eigenvalue weighted by Gasteiger charge is -2.51. The second-order valence-corrected chi connectivity index (χ2v) is 7.64. The van der Waals surface area contributed by atoms with E-state index in [1.807, 2.05) is 29.2 Å². The maximum atomic E-state index is 12.7. The fourth-order valence-electron chi connectivity index (χ4n) is 5.44. The van der Waals surface area contributed by atoms with Crippen LogP contribution in [0.4, 0.5) is 5.69 Å². The molecule has 5 heteroatoms. The first-order chi connectivity index (χ1) is 11.5. The highest BCUT2D eigenvalue weighted by Gasteiger charge is 2.60. The van der Waals surface area contributed by atoms with Crippen LogP contribution in [0.2, 0.25) is 0 Å². The smallest absolute Gasteiger partial charge is 0.226 e. The Hall–Kier alpha value is -2.01. The van der Waals surface area contributed by atoms with Gasteiger partial charge in [-0.1, -0.05) is 18.2 Å². The number of para-hydroxylation sites is 1. The second-order valence-electron chi connectivity index (χ2n) is 7.64. The van der Waals surface area contributed by atoms with Gasteiger partial charge in [-0.15, -0.1) is 0 Å². The Labute approximate surface area is 140 Å². The highest BCUT2D eigenvalue weighted by atomic mass is 16.3. The van der Waals surface area contributed by atoms with Gasteiger partial charge in [0, 0.05) is 42.3 Å². The summed E-state index contributed by atoms with van der Waals surface area (Å²) >= 11 is 0. The highest BCUT2D eigenvalue weighted by Crippen LogP contribution is 2.53. The number of carbonyl (C=O) groups excluding carboxylic acids is 2. The Morgan fingerprint density at radius 1 is 1.33 bits per heavy atom. The molecule has 1 N–H and O–H groups in total. The zero-order chi connectivity index (χ0) is 16.6. The second kappa shape index (κ2) is 4.54. The molecule has 1 aromatic rings. The predicted octanol–water partition coefficient (Wildman–Crippen LogP) is 1.81. The zero-order valence-corrected chi connectivity index (χ0v) is 13.6. The van der Waals surface area contributed by atoms with E-state index in [9.17, 15) is 14.7 Å². The van der Waals surface area contributed by atoms with E-state index in [1.165, 1.54) is 0 Å². The molecule has 0 spiro atoms. The fraction of sp³-hybridized carbons (Fsp3) is 0.526. The van der Waals surface area contributed by atoms with Crippen molar-refractivity contribution in [1.82, 2.24) is 4.90 Å². The molecule has 4 heterocycles. The van der Waals surface area contributed by atoms with Gasteiger partial charge in [0.25, 0.3) is 0 Å². The van der Waals surface area contributed by atoms with Gasteiger partial charge in [-0.05, 0) is 25.8 Å². The van der Waals surface area contributed by atoms with Gasteiger partial charge >= 0.3 is 0 Å².